The van der Waals surface area contributed by atoms with E-state index in [0.717, 1.165) is 11.1 Å². The molecule has 1 atom stereocenters. The first-order valence-electron chi connectivity index (χ1n) is 13.4. The standard InChI is InChI=1S/C33H26ClN3O4S/c1-3-40-25-14-12-21(13-15-25)30-29(31(38)36-24-10-5-4-6-11-24)20(2)35-33-37(30)32(39)28(42-33)19-26-16-17-27(41-26)22-8-7-9-23(34)18-22/h4-19,30H,3H2,1-2H3,(H,36,38)/b28-19-/t30-/m1/s1. The number of fused-ring (bicyclic) bond motifs is 1. The van der Waals surface area contributed by atoms with Crippen molar-refractivity contribution in [2.24, 2.45) is 4.99 Å². The topological polar surface area (TPSA) is 85.8 Å². The van der Waals surface area contributed by atoms with E-state index in [4.69, 9.17) is 25.7 Å². The summed E-state index contributed by atoms with van der Waals surface area (Å²) in [7, 11) is 0. The molecular formula is C33H26ClN3O4S. The highest BCUT2D eigenvalue weighted by Crippen LogP contribution is 2.32. The number of hydrogen-bond donors (Lipinski definition) is 1. The first-order chi connectivity index (χ1) is 20.4. The van der Waals surface area contributed by atoms with Gasteiger partial charge in [0, 0.05) is 22.3 Å². The molecule has 0 radical (unpaired) electrons. The molecule has 3 heterocycles. The molecule has 9 heteroatoms. The number of rotatable bonds is 7. The van der Waals surface area contributed by atoms with Gasteiger partial charge in [-0.2, -0.15) is 0 Å². The summed E-state index contributed by atoms with van der Waals surface area (Å²) >= 11 is 7.40. The van der Waals surface area contributed by atoms with Crippen molar-refractivity contribution in [2.45, 2.75) is 19.9 Å². The summed E-state index contributed by atoms with van der Waals surface area (Å²) < 4.78 is 13.7. The number of nitrogens with one attached hydrogen (secondary N) is 1. The average Bonchev–Trinajstić information content (AvgIpc) is 3.57. The van der Waals surface area contributed by atoms with E-state index < -0.39 is 6.04 Å². The van der Waals surface area contributed by atoms with Gasteiger partial charge in [0.1, 0.15) is 17.3 Å². The Labute approximate surface area is 250 Å². The largest absolute Gasteiger partial charge is 0.494 e. The van der Waals surface area contributed by atoms with Gasteiger partial charge < -0.3 is 14.5 Å². The van der Waals surface area contributed by atoms with Crippen LogP contribution in [0.4, 0.5) is 5.69 Å². The van der Waals surface area contributed by atoms with E-state index in [2.05, 4.69) is 5.32 Å². The number of halogens is 1. The van der Waals surface area contributed by atoms with Gasteiger partial charge in [-0.05, 0) is 67.9 Å². The van der Waals surface area contributed by atoms with E-state index in [1.807, 2.05) is 91.9 Å². The monoisotopic (exact) mass is 595 g/mol. The molecule has 1 aliphatic heterocycles. The summed E-state index contributed by atoms with van der Waals surface area (Å²) in [6.07, 6.45) is 1.70. The van der Waals surface area contributed by atoms with Gasteiger partial charge >= 0.3 is 0 Å². The molecule has 3 aromatic carbocycles. The molecule has 210 valence electrons. The molecule has 0 fully saturated rings. The number of benzene rings is 3. The highest BCUT2D eigenvalue weighted by molar-refractivity contribution is 7.07. The molecule has 6 rings (SSSR count). The third kappa shape index (κ3) is 5.46. The number of amides is 1. The summed E-state index contributed by atoms with van der Waals surface area (Å²) in [4.78, 5) is 32.9. The van der Waals surface area contributed by atoms with Crippen LogP contribution < -0.4 is 24.9 Å². The van der Waals surface area contributed by atoms with E-state index in [-0.39, 0.29) is 11.5 Å². The molecule has 0 saturated heterocycles. The minimum Gasteiger partial charge on any atom is -0.494 e. The normalized spacial score (nSPS) is 14.8. The number of nitrogens with zero attached hydrogens (tertiary/aromatic N) is 2. The highest BCUT2D eigenvalue weighted by atomic mass is 35.5. The Balaban J connectivity index is 1.44. The fourth-order valence-corrected chi connectivity index (χ4v) is 6.13. The Morgan fingerprint density at radius 2 is 1.86 bits per heavy atom. The van der Waals surface area contributed by atoms with Gasteiger partial charge in [-0.15, -0.1) is 0 Å². The maximum absolute atomic E-state index is 14.0. The van der Waals surface area contributed by atoms with E-state index in [9.17, 15) is 9.59 Å². The second kappa shape index (κ2) is 11.7. The fraction of sp³-hybridized carbons (Fsp3) is 0.121. The third-order valence-electron chi connectivity index (χ3n) is 6.81. The van der Waals surface area contributed by atoms with Gasteiger partial charge in [-0.1, -0.05) is 65.4 Å². The lowest BCUT2D eigenvalue weighted by molar-refractivity contribution is -0.113. The Kier molecular flexibility index (Phi) is 7.65. The molecule has 42 heavy (non-hydrogen) atoms. The van der Waals surface area contributed by atoms with Crippen molar-refractivity contribution in [3.63, 3.8) is 0 Å². The smallest absolute Gasteiger partial charge is 0.271 e. The van der Waals surface area contributed by atoms with Crippen molar-refractivity contribution in [3.8, 4) is 17.1 Å². The van der Waals surface area contributed by atoms with Crippen LogP contribution >= 0.6 is 22.9 Å². The lowest BCUT2D eigenvalue weighted by atomic mass is 9.95. The zero-order chi connectivity index (χ0) is 29.2. The molecule has 0 bridgehead atoms. The summed E-state index contributed by atoms with van der Waals surface area (Å²) in [5.74, 6) is 1.54. The molecule has 0 aliphatic carbocycles. The first kappa shape index (κ1) is 27.5. The van der Waals surface area contributed by atoms with Crippen LogP contribution in [0.1, 0.15) is 31.2 Å². The van der Waals surface area contributed by atoms with Crippen molar-refractivity contribution in [3.05, 3.63) is 138 Å². The Morgan fingerprint density at radius 1 is 1.07 bits per heavy atom. The number of para-hydroxylation sites is 1. The number of carbonyl (C=O) groups excluding carboxylic acids is 1. The maximum Gasteiger partial charge on any atom is 0.271 e. The summed E-state index contributed by atoms with van der Waals surface area (Å²) in [5, 5.41) is 3.57. The molecule has 0 saturated carbocycles. The van der Waals surface area contributed by atoms with Crippen LogP contribution in [0.3, 0.4) is 0 Å². The van der Waals surface area contributed by atoms with Gasteiger partial charge in [0.05, 0.1) is 28.5 Å². The van der Waals surface area contributed by atoms with E-state index in [0.29, 0.717) is 55.2 Å². The molecule has 1 aliphatic rings. The lowest BCUT2D eigenvalue weighted by Crippen LogP contribution is -2.40. The van der Waals surface area contributed by atoms with Crippen LogP contribution in [0, 0.1) is 0 Å². The Hall–Kier alpha value is -4.66. The number of anilines is 1. The minimum atomic E-state index is -0.693. The van der Waals surface area contributed by atoms with E-state index in [1.54, 1.807) is 23.6 Å². The number of thiazole rings is 1. The zero-order valence-electron chi connectivity index (χ0n) is 22.8. The maximum atomic E-state index is 14.0. The number of hydrogen-bond acceptors (Lipinski definition) is 6. The van der Waals surface area contributed by atoms with Crippen LogP contribution in [0.5, 0.6) is 5.75 Å². The van der Waals surface area contributed by atoms with Crippen LogP contribution in [-0.4, -0.2) is 17.1 Å². The lowest BCUT2D eigenvalue weighted by Gasteiger charge is -2.25. The van der Waals surface area contributed by atoms with Crippen LogP contribution in [0.25, 0.3) is 17.4 Å². The van der Waals surface area contributed by atoms with Crippen LogP contribution in [0.15, 0.2) is 116 Å². The second-order valence-electron chi connectivity index (χ2n) is 9.62. The number of aromatic nitrogens is 1. The van der Waals surface area contributed by atoms with E-state index >= 15 is 0 Å². The summed E-state index contributed by atoms with van der Waals surface area (Å²) in [6.45, 7) is 4.24. The van der Waals surface area contributed by atoms with Crippen LogP contribution in [-0.2, 0) is 4.79 Å². The second-order valence-corrected chi connectivity index (χ2v) is 11.1. The van der Waals surface area contributed by atoms with Crippen molar-refractivity contribution in [1.29, 1.82) is 0 Å². The first-order valence-corrected chi connectivity index (χ1v) is 14.6. The van der Waals surface area contributed by atoms with Crippen molar-refractivity contribution < 1.29 is 13.9 Å². The predicted molar refractivity (Wildman–Crippen MR) is 166 cm³/mol. The van der Waals surface area contributed by atoms with E-state index in [1.165, 1.54) is 11.3 Å². The molecule has 0 unspecified atom stereocenters. The Bertz CT molecular complexity index is 1990. The molecule has 7 nitrogen and oxygen atoms in total. The van der Waals surface area contributed by atoms with Gasteiger partial charge in [-0.25, -0.2) is 4.99 Å². The molecule has 2 aromatic heterocycles. The SMILES string of the molecule is CCOc1ccc([C@@H]2C(C(=O)Nc3ccccc3)=C(C)N=c3s/c(=C\c4ccc(-c5cccc(Cl)c5)o4)c(=O)n32)cc1. The molecule has 1 N–H and O–H groups in total. The van der Waals surface area contributed by atoms with Gasteiger partial charge in [0.2, 0.25) is 0 Å². The fourth-order valence-electron chi connectivity index (χ4n) is 4.92. The van der Waals surface area contributed by atoms with Gasteiger partial charge in [0.15, 0.2) is 4.80 Å². The molecule has 1 amide bonds. The zero-order valence-corrected chi connectivity index (χ0v) is 24.4. The van der Waals surface area contributed by atoms with Gasteiger partial charge in [-0.3, -0.25) is 14.2 Å². The minimum absolute atomic E-state index is 0.268. The van der Waals surface area contributed by atoms with Crippen molar-refractivity contribution >= 4 is 40.6 Å². The number of carbonyl (C=O) groups is 1. The third-order valence-corrected chi connectivity index (χ3v) is 8.03. The quantitative estimate of drug-likeness (QED) is 0.243. The molecule has 5 aromatic rings. The highest BCUT2D eigenvalue weighted by Gasteiger charge is 2.32. The number of furan rings is 1. The van der Waals surface area contributed by atoms with Crippen LogP contribution in [0.2, 0.25) is 5.02 Å². The Morgan fingerprint density at radius 3 is 2.60 bits per heavy atom. The summed E-state index contributed by atoms with van der Waals surface area (Å²) in [5.41, 5.74) is 2.91. The number of allylic oxidation sites excluding steroid dienone is 1. The summed E-state index contributed by atoms with van der Waals surface area (Å²) in [6, 6.07) is 27.0. The number of ether oxygens (including phenoxy) is 1. The molecular weight excluding hydrogens is 570 g/mol. The van der Waals surface area contributed by atoms with Crippen molar-refractivity contribution in [2.75, 3.05) is 11.9 Å². The van der Waals surface area contributed by atoms with Crippen molar-refractivity contribution in [1.82, 2.24) is 4.57 Å². The average molecular weight is 596 g/mol. The molecule has 0 spiro atoms. The van der Waals surface area contributed by atoms with Gasteiger partial charge in [0.25, 0.3) is 11.5 Å². The predicted octanol–water partition coefficient (Wildman–Crippen LogP) is 6.19.